The van der Waals surface area contributed by atoms with Crippen LogP contribution in [0.2, 0.25) is 10.0 Å². The van der Waals surface area contributed by atoms with Gasteiger partial charge in [0.2, 0.25) is 15.9 Å². The topological polar surface area (TPSA) is 113 Å². The van der Waals surface area contributed by atoms with Crippen molar-refractivity contribution in [2.24, 2.45) is 5.92 Å². The smallest absolute Gasteiger partial charge is 0.261 e. The number of rotatable bonds is 8. The standard InChI is InChI=1S/C29H27Cl2N3O5S2/c30-23-9-8-22(27(31)18-23)19-40(36,37)34-16-14-21(15-17-34)29(35)32-24-10-12-25(13-11-24)41(38,39)33-28-7-3-5-20-4-1-2-6-26(20)28/h1-13,18,21,33H,14-17,19H2,(H,32,35). The zero-order valence-corrected chi connectivity index (χ0v) is 24.9. The van der Waals surface area contributed by atoms with Crippen LogP contribution in [0.4, 0.5) is 11.4 Å². The predicted octanol–water partition coefficient (Wildman–Crippen LogP) is 6.13. The number of sulfonamides is 2. The highest BCUT2D eigenvalue weighted by Crippen LogP contribution is 2.28. The van der Waals surface area contributed by atoms with Crippen molar-refractivity contribution >= 4 is 71.3 Å². The number of piperidine rings is 1. The van der Waals surface area contributed by atoms with Crippen LogP contribution in [0.3, 0.4) is 0 Å². The molecule has 1 aliphatic rings. The highest BCUT2D eigenvalue weighted by Gasteiger charge is 2.31. The van der Waals surface area contributed by atoms with Crippen LogP contribution in [0.5, 0.6) is 0 Å². The maximum Gasteiger partial charge on any atom is 0.261 e. The van der Waals surface area contributed by atoms with Crippen molar-refractivity contribution in [2.45, 2.75) is 23.5 Å². The lowest BCUT2D eigenvalue weighted by atomic mass is 9.97. The number of nitrogens with zero attached hydrogens (tertiary/aromatic N) is 1. The molecule has 1 saturated heterocycles. The number of amides is 1. The second-order valence-corrected chi connectivity index (χ2v) is 14.3. The van der Waals surface area contributed by atoms with Crippen LogP contribution < -0.4 is 10.0 Å². The first-order valence-corrected chi connectivity index (χ1v) is 16.7. The highest BCUT2D eigenvalue weighted by molar-refractivity contribution is 7.92. The Morgan fingerprint density at radius 2 is 1.54 bits per heavy atom. The number of carbonyl (C=O) groups excluding carboxylic acids is 1. The molecule has 0 radical (unpaired) electrons. The van der Waals surface area contributed by atoms with E-state index >= 15 is 0 Å². The first-order valence-electron chi connectivity index (χ1n) is 12.9. The number of carbonyl (C=O) groups is 1. The van der Waals surface area contributed by atoms with Crippen LogP contribution >= 0.6 is 23.2 Å². The van der Waals surface area contributed by atoms with Gasteiger partial charge in [-0.15, -0.1) is 0 Å². The molecular weight excluding hydrogens is 605 g/mol. The van der Waals surface area contributed by atoms with Gasteiger partial charge in [-0.25, -0.2) is 21.1 Å². The molecule has 0 aromatic heterocycles. The largest absolute Gasteiger partial charge is 0.326 e. The Hall–Kier alpha value is -3.15. The van der Waals surface area contributed by atoms with Crippen LogP contribution in [0.25, 0.3) is 10.8 Å². The average Bonchev–Trinajstić information content (AvgIpc) is 2.95. The Labute approximate surface area is 249 Å². The van der Waals surface area contributed by atoms with Gasteiger partial charge < -0.3 is 5.32 Å². The van der Waals surface area contributed by atoms with Gasteiger partial charge in [0.1, 0.15) is 0 Å². The van der Waals surface area contributed by atoms with Gasteiger partial charge in [-0.05, 0) is 66.3 Å². The van der Waals surface area contributed by atoms with Crippen LogP contribution in [0.1, 0.15) is 18.4 Å². The fourth-order valence-corrected chi connectivity index (χ4v) is 8.03. The SMILES string of the molecule is O=C(Nc1ccc(S(=O)(=O)Nc2cccc3ccccc23)cc1)C1CCN(S(=O)(=O)Cc2ccc(Cl)cc2Cl)CC1. The minimum atomic E-state index is -3.86. The lowest BCUT2D eigenvalue weighted by molar-refractivity contribution is -0.120. The van der Waals surface area contributed by atoms with Gasteiger partial charge in [-0.1, -0.05) is 65.7 Å². The lowest BCUT2D eigenvalue weighted by Gasteiger charge is -2.30. The number of anilines is 2. The zero-order valence-electron chi connectivity index (χ0n) is 21.8. The van der Waals surface area contributed by atoms with E-state index in [1.165, 1.54) is 34.6 Å². The molecule has 214 valence electrons. The monoisotopic (exact) mass is 631 g/mol. The molecule has 0 saturated carbocycles. The molecule has 4 aromatic carbocycles. The molecule has 4 aromatic rings. The molecule has 12 heteroatoms. The molecule has 0 bridgehead atoms. The Balaban J connectivity index is 1.17. The van der Waals surface area contributed by atoms with Crippen LogP contribution in [0, 0.1) is 5.92 Å². The second kappa shape index (κ2) is 12.0. The molecule has 1 heterocycles. The van der Waals surface area contributed by atoms with Gasteiger partial charge >= 0.3 is 0 Å². The summed E-state index contributed by atoms with van der Waals surface area (Å²) in [6.45, 7) is 0.422. The molecule has 0 unspecified atom stereocenters. The van der Waals surface area contributed by atoms with E-state index in [1.54, 1.807) is 24.3 Å². The minimum Gasteiger partial charge on any atom is -0.326 e. The fraction of sp³-hybridized carbons (Fsp3) is 0.207. The van der Waals surface area contributed by atoms with Gasteiger partial charge in [0.25, 0.3) is 10.0 Å². The van der Waals surface area contributed by atoms with Crippen molar-refractivity contribution < 1.29 is 21.6 Å². The number of nitrogens with one attached hydrogen (secondary N) is 2. The second-order valence-electron chi connectivity index (χ2n) is 9.81. The van der Waals surface area contributed by atoms with E-state index in [4.69, 9.17) is 23.2 Å². The summed E-state index contributed by atoms with van der Waals surface area (Å²) in [6, 6.07) is 23.5. The van der Waals surface area contributed by atoms with Crippen molar-refractivity contribution in [3.8, 4) is 0 Å². The molecule has 8 nitrogen and oxygen atoms in total. The number of benzene rings is 4. The molecule has 1 aliphatic heterocycles. The van der Waals surface area contributed by atoms with Gasteiger partial charge in [-0.2, -0.15) is 0 Å². The highest BCUT2D eigenvalue weighted by atomic mass is 35.5. The zero-order chi connectivity index (χ0) is 29.2. The summed E-state index contributed by atoms with van der Waals surface area (Å²) >= 11 is 12.1. The fourth-order valence-electron chi connectivity index (χ4n) is 4.80. The first-order chi connectivity index (χ1) is 19.5. The van der Waals surface area contributed by atoms with Crippen molar-refractivity contribution in [1.82, 2.24) is 4.31 Å². The Morgan fingerprint density at radius 3 is 2.24 bits per heavy atom. The van der Waals surface area contributed by atoms with E-state index in [1.807, 2.05) is 30.3 Å². The molecular formula is C29H27Cl2N3O5S2. The van der Waals surface area contributed by atoms with E-state index in [0.29, 0.717) is 39.8 Å². The quantitative estimate of drug-likeness (QED) is 0.243. The molecule has 5 rings (SSSR count). The number of halogens is 2. The van der Waals surface area contributed by atoms with Crippen LogP contribution in [0.15, 0.2) is 89.8 Å². The van der Waals surface area contributed by atoms with Crippen LogP contribution in [-0.2, 0) is 30.6 Å². The third-order valence-electron chi connectivity index (χ3n) is 7.04. The van der Waals surface area contributed by atoms with Gasteiger partial charge in [0, 0.05) is 40.1 Å². The minimum absolute atomic E-state index is 0.0581. The van der Waals surface area contributed by atoms with Crippen molar-refractivity contribution in [2.75, 3.05) is 23.1 Å². The maximum atomic E-state index is 13.0. The lowest BCUT2D eigenvalue weighted by Crippen LogP contribution is -2.41. The summed E-state index contributed by atoms with van der Waals surface area (Å²) < 4.78 is 55.9. The summed E-state index contributed by atoms with van der Waals surface area (Å²) in [4.78, 5) is 13.0. The summed E-state index contributed by atoms with van der Waals surface area (Å²) in [5, 5.41) is 5.24. The van der Waals surface area contributed by atoms with E-state index in [0.717, 1.165) is 10.8 Å². The molecule has 1 amide bonds. The third kappa shape index (κ3) is 6.85. The third-order valence-corrected chi connectivity index (χ3v) is 10.8. The van der Waals surface area contributed by atoms with Crippen LogP contribution in [-0.4, -0.2) is 40.1 Å². The normalized spacial score (nSPS) is 15.1. The van der Waals surface area contributed by atoms with E-state index in [2.05, 4.69) is 10.0 Å². The summed E-state index contributed by atoms with van der Waals surface area (Å²) in [5.74, 6) is -0.867. The predicted molar refractivity (Wildman–Crippen MR) is 163 cm³/mol. The van der Waals surface area contributed by atoms with Crippen molar-refractivity contribution in [1.29, 1.82) is 0 Å². The summed E-state index contributed by atoms with van der Waals surface area (Å²) in [7, 11) is -7.48. The Bertz CT molecular complexity index is 1800. The first kappa shape index (κ1) is 29.3. The molecule has 2 N–H and O–H groups in total. The molecule has 0 spiro atoms. The molecule has 41 heavy (non-hydrogen) atoms. The van der Waals surface area contributed by atoms with E-state index < -0.39 is 20.0 Å². The number of fused-ring (bicyclic) bond motifs is 1. The van der Waals surface area contributed by atoms with Crippen molar-refractivity contribution in [3.05, 3.63) is 101 Å². The summed E-state index contributed by atoms with van der Waals surface area (Å²) in [5.41, 5.74) is 1.39. The van der Waals surface area contributed by atoms with E-state index in [-0.39, 0.29) is 35.6 Å². The molecule has 0 aliphatic carbocycles. The number of hydrogen-bond donors (Lipinski definition) is 2. The Morgan fingerprint density at radius 1 is 0.854 bits per heavy atom. The van der Waals surface area contributed by atoms with Crippen molar-refractivity contribution in [3.63, 3.8) is 0 Å². The molecule has 0 atom stereocenters. The van der Waals surface area contributed by atoms with Gasteiger partial charge in [-0.3, -0.25) is 9.52 Å². The van der Waals surface area contributed by atoms with E-state index in [9.17, 15) is 21.6 Å². The average molecular weight is 633 g/mol. The Kier molecular flexibility index (Phi) is 8.58. The van der Waals surface area contributed by atoms with Gasteiger partial charge in [0.15, 0.2) is 0 Å². The molecule has 1 fully saturated rings. The summed E-state index contributed by atoms with van der Waals surface area (Å²) in [6.07, 6.45) is 0.724. The maximum absolute atomic E-state index is 13.0. The van der Waals surface area contributed by atoms with Gasteiger partial charge in [0.05, 0.1) is 16.3 Å². The number of hydrogen-bond acceptors (Lipinski definition) is 5.